The molecule has 31 heavy (non-hydrogen) atoms. The molecular weight excluding hydrogens is 390 g/mol. The Morgan fingerprint density at radius 1 is 0.968 bits per heavy atom. The number of benzene rings is 2. The monoisotopic (exact) mass is 423 g/mol. The van der Waals surface area contributed by atoms with Gasteiger partial charge in [0.05, 0.1) is 6.04 Å². The van der Waals surface area contributed by atoms with E-state index in [-0.39, 0.29) is 18.0 Å². The molecular formula is C24H33N5O2. The van der Waals surface area contributed by atoms with Gasteiger partial charge in [0.25, 0.3) is 5.91 Å². The van der Waals surface area contributed by atoms with E-state index >= 15 is 0 Å². The van der Waals surface area contributed by atoms with Crippen molar-refractivity contribution in [1.82, 2.24) is 25.8 Å². The van der Waals surface area contributed by atoms with Gasteiger partial charge in [-0.3, -0.25) is 9.69 Å². The van der Waals surface area contributed by atoms with Gasteiger partial charge in [0, 0.05) is 51.4 Å². The first-order chi connectivity index (χ1) is 15.0. The molecule has 1 aliphatic rings. The number of carbonyl (C=O) groups is 2. The predicted octanol–water partition coefficient (Wildman–Crippen LogP) is 2.22. The Kier molecular flexibility index (Phi) is 8.44. The summed E-state index contributed by atoms with van der Waals surface area (Å²) >= 11 is 0. The number of amides is 3. The van der Waals surface area contributed by atoms with Crippen molar-refractivity contribution < 1.29 is 9.59 Å². The fraction of sp³-hybridized carbons (Fsp3) is 0.417. The predicted molar refractivity (Wildman–Crippen MR) is 123 cm³/mol. The van der Waals surface area contributed by atoms with E-state index < -0.39 is 0 Å². The van der Waals surface area contributed by atoms with Gasteiger partial charge in [0.2, 0.25) is 0 Å². The maximum absolute atomic E-state index is 12.7. The molecule has 1 fully saturated rings. The lowest BCUT2D eigenvalue weighted by Gasteiger charge is -2.35. The average Bonchev–Trinajstić information content (AvgIpc) is 2.79. The molecule has 1 heterocycles. The minimum Gasteiger partial charge on any atom is -0.352 e. The first kappa shape index (κ1) is 22.8. The Labute approximate surface area is 184 Å². The molecule has 3 rings (SSSR count). The maximum atomic E-state index is 12.7. The van der Waals surface area contributed by atoms with Gasteiger partial charge in [-0.25, -0.2) is 4.79 Å². The lowest BCUT2D eigenvalue weighted by Crippen LogP contribution is -2.48. The number of rotatable bonds is 8. The molecule has 1 unspecified atom stereocenters. The minimum absolute atomic E-state index is 0.0914. The van der Waals surface area contributed by atoms with Crippen LogP contribution in [0.25, 0.3) is 0 Å². The molecule has 7 nitrogen and oxygen atoms in total. The van der Waals surface area contributed by atoms with Crippen molar-refractivity contribution in [2.75, 3.05) is 46.3 Å². The number of nitrogens with zero attached hydrogens (tertiary/aromatic N) is 2. The van der Waals surface area contributed by atoms with Crippen molar-refractivity contribution in [1.29, 1.82) is 0 Å². The normalized spacial score (nSPS) is 15.8. The number of hydrogen-bond acceptors (Lipinski definition) is 4. The zero-order valence-corrected chi connectivity index (χ0v) is 18.4. The van der Waals surface area contributed by atoms with Gasteiger partial charge < -0.3 is 20.9 Å². The summed E-state index contributed by atoms with van der Waals surface area (Å²) < 4.78 is 0. The van der Waals surface area contributed by atoms with Crippen molar-refractivity contribution >= 4 is 11.9 Å². The molecule has 2 aromatic rings. The lowest BCUT2D eigenvalue weighted by molar-refractivity contribution is 0.0955. The third-order valence-electron chi connectivity index (χ3n) is 5.52. The van der Waals surface area contributed by atoms with Crippen molar-refractivity contribution in [3.05, 3.63) is 71.3 Å². The van der Waals surface area contributed by atoms with Gasteiger partial charge in [-0.1, -0.05) is 42.5 Å². The number of likely N-dealkylation sites (N-methyl/N-ethyl adjacent to an activating group) is 1. The van der Waals surface area contributed by atoms with E-state index in [2.05, 4.69) is 44.9 Å². The van der Waals surface area contributed by atoms with Crippen LogP contribution in [0.3, 0.4) is 0 Å². The standard InChI is InChI=1S/C24H33N5O2/c1-3-25-23(30)21-11-7-8-19(16-21)17-26-24(31)27-22(20-9-5-4-6-10-20)18-29-14-12-28(2)13-15-29/h4-11,16,22H,3,12-15,17-18H2,1-2H3,(H,25,30)(H2,26,27,31). The maximum Gasteiger partial charge on any atom is 0.315 e. The number of hydrogen-bond donors (Lipinski definition) is 3. The van der Waals surface area contributed by atoms with Crippen LogP contribution < -0.4 is 16.0 Å². The van der Waals surface area contributed by atoms with Gasteiger partial charge >= 0.3 is 6.03 Å². The summed E-state index contributed by atoms with van der Waals surface area (Å²) in [6.45, 7) is 7.67. The van der Waals surface area contributed by atoms with Gasteiger partial charge in [0.15, 0.2) is 0 Å². The minimum atomic E-state index is -0.216. The Bertz CT molecular complexity index is 850. The van der Waals surface area contributed by atoms with Gasteiger partial charge in [-0.05, 0) is 37.2 Å². The Hall–Kier alpha value is -2.90. The highest BCUT2D eigenvalue weighted by molar-refractivity contribution is 5.94. The fourth-order valence-corrected chi connectivity index (χ4v) is 3.69. The molecule has 0 aromatic heterocycles. The average molecular weight is 424 g/mol. The van der Waals surface area contributed by atoms with Crippen molar-refractivity contribution in [2.45, 2.75) is 19.5 Å². The van der Waals surface area contributed by atoms with Crippen LogP contribution in [0.2, 0.25) is 0 Å². The van der Waals surface area contributed by atoms with Gasteiger partial charge in [0.1, 0.15) is 0 Å². The summed E-state index contributed by atoms with van der Waals surface area (Å²) in [5.74, 6) is -0.106. The number of urea groups is 1. The zero-order valence-electron chi connectivity index (χ0n) is 18.4. The van der Waals surface area contributed by atoms with E-state index in [0.29, 0.717) is 18.7 Å². The molecule has 7 heteroatoms. The molecule has 3 N–H and O–H groups in total. The molecule has 2 aromatic carbocycles. The van der Waals surface area contributed by atoms with Crippen LogP contribution in [-0.4, -0.2) is 68.1 Å². The number of piperazine rings is 1. The topological polar surface area (TPSA) is 76.7 Å². The van der Waals surface area contributed by atoms with Crippen LogP contribution >= 0.6 is 0 Å². The summed E-state index contributed by atoms with van der Waals surface area (Å²) in [7, 11) is 2.14. The third kappa shape index (κ3) is 7.08. The zero-order chi connectivity index (χ0) is 22.1. The Morgan fingerprint density at radius 2 is 1.71 bits per heavy atom. The molecule has 1 saturated heterocycles. The van der Waals surface area contributed by atoms with E-state index in [1.165, 1.54) is 0 Å². The molecule has 1 aliphatic heterocycles. The van der Waals surface area contributed by atoms with Crippen LogP contribution in [0, 0.1) is 0 Å². The van der Waals surface area contributed by atoms with Crippen LogP contribution in [0.5, 0.6) is 0 Å². The van der Waals surface area contributed by atoms with E-state index in [9.17, 15) is 9.59 Å². The Morgan fingerprint density at radius 3 is 2.42 bits per heavy atom. The largest absolute Gasteiger partial charge is 0.352 e. The molecule has 1 atom stereocenters. The van der Waals surface area contributed by atoms with E-state index in [0.717, 1.165) is 43.9 Å². The van der Waals surface area contributed by atoms with Crippen molar-refractivity contribution in [3.8, 4) is 0 Å². The molecule has 0 bridgehead atoms. The van der Waals surface area contributed by atoms with Crippen LogP contribution in [0.15, 0.2) is 54.6 Å². The van der Waals surface area contributed by atoms with Crippen molar-refractivity contribution in [2.24, 2.45) is 0 Å². The second-order valence-electron chi connectivity index (χ2n) is 7.95. The quantitative estimate of drug-likeness (QED) is 0.609. The smallest absolute Gasteiger partial charge is 0.315 e. The number of nitrogens with one attached hydrogen (secondary N) is 3. The molecule has 0 radical (unpaired) electrons. The summed E-state index contributed by atoms with van der Waals surface area (Å²) in [4.78, 5) is 29.4. The summed E-state index contributed by atoms with van der Waals surface area (Å²) in [6, 6.07) is 17.1. The summed E-state index contributed by atoms with van der Waals surface area (Å²) in [5, 5.41) is 8.86. The molecule has 0 aliphatic carbocycles. The highest BCUT2D eigenvalue weighted by atomic mass is 16.2. The van der Waals surface area contributed by atoms with E-state index in [4.69, 9.17) is 0 Å². The molecule has 3 amide bonds. The van der Waals surface area contributed by atoms with Crippen LogP contribution in [-0.2, 0) is 6.54 Å². The SMILES string of the molecule is CCNC(=O)c1cccc(CNC(=O)NC(CN2CCN(C)CC2)c2ccccc2)c1. The molecule has 0 saturated carbocycles. The second-order valence-corrected chi connectivity index (χ2v) is 7.95. The molecule has 166 valence electrons. The first-order valence-electron chi connectivity index (χ1n) is 10.9. The van der Waals surface area contributed by atoms with Gasteiger partial charge in [-0.2, -0.15) is 0 Å². The van der Waals surface area contributed by atoms with Gasteiger partial charge in [-0.15, -0.1) is 0 Å². The van der Waals surface area contributed by atoms with Crippen molar-refractivity contribution in [3.63, 3.8) is 0 Å². The lowest BCUT2D eigenvalue weighted by atomic mass is 10.1. The second kappa shape index (κ2) is 11.5. The summed E-state index contributed by atoms with van der Waals surface area (Å²) in [5.41, 5.74) is 2.57. The number of carbonyl (C=O) groups excluding carboxylic acids is 2. The Balaban J connectivity index is 1.59. The van der Waals surface area contributed by atoms with E-state index in [1.807, 2.05) is 43.3 Å². The van der Waals surface area contributed by atoms with Crippen LogP contribution in [0.4, 0.5) is 4.79 Å². The first-order valence-corrected chi connectivity index (χ1v) is 10.9. The van der Waals surface area contributed by atoms with Crippen LogP contribution in [0.1, 0.15) is 34.5 Å². The fourth-order valence-electron chi connectivity index (χ4n) is 3.69. The third-order valence-corrected chi connectivity index (χ3v) is 5.52. The highest BCUT2D eigenvalue weighted by Gasteiger charge is 2.21. The summed E-state index contributed by atoms with van der Waals surface area (Å²) in [6.07, 6.45) is 0. The molecule has 0 spiro atoms. The highest BCUT2D eigenvalue weighted by Crippen LogP contribution is 2.15. The van der Waals surface area contributed by atoms with E-state index in [1.54, 1.807) is 6.07 Å².